The van der Waals surface area contributed by atoms with Crippen LogP contribution in [0.25, 0.3) is 0 Å². The van der Waals surface area contributed by atoms with Crippen LogP contribution in [-0.2, 0) is 0 Å². The second kappa shape index (κ2) is 5.83. The molecule has 2 N–H and O–H groups in total. The molecule has 3 rings (SSSR count). The Morgan fingerprint density at radius 1 is 1.05 bits per heavy atom. The number of nitrogen functional groups attached to an aromatic ring is 1. The first-order chi connectivity index (χ1) is 10.2. The Morgan fingerprint density at radius 2 is 1.76 bits per heavy atom. The monoisotopic (exact) mass is 282 g/mol. The van der Waals surface area contributed by atoms with Crippen molar-refractivity contribution in [3.63, 3.8) is 0 Å². The number of benzene rings is 1. The molecule has 1 aromatic carbocycles. The van der Waals surface area contributed by atoms with Crippen LogP contribution in [0.5, 0.6) is 0 Å². The molecular formula is C16H18N4O. The van der Waals surface area contributed by atoms with Crippen molar-refractivity contribution < 1.29 is 4.79 Å². The van der Waals surface area contributed by atoms with E-state index in [1.807, 2.05) is 23.1 Å². The van der Waals surface area contributed by atoms with Crippen molar-refractivity contribution in [2.45, 2.75) is 0 Å². The molecule has 1 saturated heterocycles. The molecule has 0 unspecified atom stereocenters. The lowest BCUT2D eigenvalue weighted by molar-refractivity contribution is 0.0746. The second-order valence-corrected chi connectivity index (χ2v) is 5.08. The van der Waals surface area contributed by atoms with Gasteiger partial charge in [-0.2, -0.15) is 0 Å². The summed E-state index contributed by atoms with van der Waals surface area (Å²) in [6.45, 7) is 3.12. The zero-order valence-electron chi connectivity index (χ0n) is 11.8. The van der Waals surface area contributed by atoms with Gasteiger partial charge in [-0.3, -0.25) is 4.79 Å². The van der Waals surface area contributed by atoms with E-state index in [0.29, 0.717) is 11.4 Å². The molecular weight excluding hydrogens is 264 g/mol. The van der Waals surface area contributed by atoms with Gasteiger partial charge in [0.2, 0.25) is 0 Å². The minimum absolute atomic E-state index is 0.0248. The molecule has 0 aliphatic carbocycles. The quantitative estimate of drug-likeness (QED) is 0.909. The van der Waals surface area contributed by atoms with Gasteiger partial charge in [-0.25, -0.2) is 4.98 Å². The van der Waals surface area contributed by atoms with E-state index in [1.165, 1.54) is 5.69 Å². The van der Waals surface area contributed by atoms with Crippen LogP contribution in [0.15, 0.2) is 48.7 Å². The summed E-state index contributed by atoms with van der Waals surface area (Å²) < 4.78 is 0. The Kier molecular flexibility index (Phi) is 3.73. The molecule has 0 atom stereocenters. The maximum absolute atomic E-state index is 12.4. The number of carbonyl (C=O) groups is 1. The average Bonchev–Trinajstić information content (AvgIpc) is 2.55. The van der Waals surface area contributed by atoms with Gasteiger partial charge in [0, 0.05) is 43.6 Å². The van der Waals surface area contributed by atoms with Crippen LogP contribution < -0.4 is 10.6 Å². The van der Waals surface area contributed by atoms with E-state index in [2.05, 4.69) is 22.0 Å². The SMILES string of the molecule is Nc1cc(C(=O)N2CCN(c3ccccc3)CC2)ccn1. The summed E-state index contributed by atoms with van der Waals surface area (Å²) in [6.07, 6.45) is 1.57. The van der Waals surface area contributed by atoms with Gasteiger partial charge in [-0.05, 0) is 24.3 Å². The fraction of sp³-hybridized carbons (Fsp3) is 0.250. The molecule has 1 fully saturated rings. The second-order valence-electron chi connectivity index (χ2n) is 5.08. The predicted molar refractivity (Wildman–Crippen MR) is 83.2 cm³/mol. The molecule has 21 heavy (non-hydrogen) atoms. The summed E-state index contributed by atoms with van der Waals surface area (Å²) in [5, 5.41) is 0. The summed E-state index contributed by atoms with van der Waals surface area (Å²) in [5.74, 6) is 0.403. The number of nitrogens with two attached hydrogens (primary N) is 1. The minimum atomic E-state index is 0.0248. The van der Waals surface area contributed by atoms with Gasteiger partial charge < -0.3 is 15.5 Å². The van der Waals surface area contributed by atoms with E-state index in [9.17, 15) is 4.79 Å². The van der Waals surface area contributed by atoms with Gasteiger partial charge in [0.15, 0.2) is 0 Å². The number of nitrogens with zero attached hydrogens (tertiary/aromatic N) is 3. The number of rotatable bonds is 2. The van der Waals surface area contributed by atoms with Gasteiger partial charge >= 0.3 is 0 Å². The number of anilines is 2. The Hall–Kier alpha value is -2.56. The molecule has 2 aromatic rings. The first-order valence-corrected chi connectivity index (χ1v) is 7.05. The van der Waals surface area contributed by atoms with Crippen LogP contribution >= 0.6 is 0 Å². The fourth-order valence-corrected chi connectivity index (χ4v) is 2.57. The largest absolute Gasteiger partial charge is 0.384 e. The number of pyridine rings is 1. The molecule has 0 bridgehead atoms. The summed E-state index contributed by atoms with van der Waals surface area (Å²) in [6, 6.07) is 13.6. The van der Waals surface area contributed by atoms with E-state index in [1.54, 1.807) is 18.3 Å². The standard InChI is InChI=1S/C16H18N4O/c17-15-12-13(6-7-18-15)16(21)20-10-8-19(9-11-20)14-4-2-1-3-5-14/h1-7,12H,8-11H2,(H2,17,18). The molecule has 0 saturated carbocycles. The van der Waals surface area contributed by atoms with Crippen LogP contribution in [0, 0.1) is 0 Å². The van der Waals surface area contributed by atoms with Crippen LogP contribution in [0.1, 0.15) is 10.4 Å². The van der Waals surface area contributed by atoms with Crippen molar-refractivity contribution >= 4 is 17.4 Å². The minimum Gasteiger partial charge on any atom is -0.384 e. The van der Waals surface area contributed by atoms with Crippen LogP contribution in [0.4, 0.5) is 11.5 Å². The Bertz CT molecular complexity index is 621. The van der Waals surface area contributed by atoms with Gasteiger partial charge in [0.25, 0.3) is 5.91 Å². The third kappa shape index (κ3) is 2.97. The smallest absolute Gasteiger partial charge is 0.254 e. The van der Waals surface area contributed by atoms with Crippen molar-refractivity contribution in [3.8, 4) is 0 Å². The molecule has 0 spiro atoms. The maximum Gasteiger partial charge on any atom is 0.254 e. The number of piperazine rings is 1. The average molecular weight is 282 g/mol. The highest BCUT2D eigenvalue weighted by Crippen LogP contribution is 2.17. The van der Waals surface area contributed by atoms with Crippen molar-refractivity contribution in [2.75, 3.05) is 36.8 Å². The third-order valence-electron chi connectivity index (χ3n) is 3.72. The number of hydrogen-bond donors (Lipinski definition) is 1. The molecule has 1 aliphatic rings. The van der Waals surface area contributed by atoms with E-state index in [4.69, 9.17) is 5.73 Å². The fourth-order valence-electron chi connectivity index (χ4n) is 2.57. The number of para-hydroxylation sites is 1. The number of carbonyl (C=O) groups excluding carboxylic acids is 1. The highest BCUT2D eigenvalue weighted by atomic mass is 16.2. The summed E-state index contributed by atoms with van der Waals surface area (Å²) >= 11 is 0. The van der Waals surface area contributed by atoms with Crippen molar-refractivity contribution in [1.29, 1.82) is 0 Å². The lowest BCUT2D eigenvalue weighted by Crippen LogP contribution is -2.48. The molecule has 5 nitrogen and oxygen atoms in total. The predicted octanol–water partition coefficient (Wildman–Crippen LogP) is 1.63. The molecule has 1 aliphatic heterocycles. The lowest BCUT2D eigenvalue weighted by atomic mass is 10.2. The maximum atomic E-state index is 12.4. The Morgan fingerprint density at radius 3 is 2.43 bits per heavy atom. The number of aromatic nitrogens is 1. The Labute approximate surface area is 124 Å². The number of hydrogen-bond acceptors (Lipinski definition) is 4. The van der Waals surface area contributed by atoms with Gasteiger partial charge in [0.05, 0.1) is 0 Å². The van der Waals surface area contributed by atoms with Crippen molar-refractivity contribution in [3.05, 3.63) is 54.2 Å². The van der Waals surface area contributed by atoms with Crippen LogP contribution in [0.2, 0.25) is 0 Å². The first kappa shape index (κ1) is 13.4. The van der Waals surface area contributed by atoms with E-state index in [0.717, 1.165) is 26.2 Å². The summed E-state index contributed by atoms with van der Waals surface area (Å²) in [5.41, 5.74) is 7.45. The Balaban J connectivity index is 1.64. The molecule has 0 radical (unpaired) electrons. The van der Waals surface area contributed by atoms with Crippen molar-refractivity contribution in [2.24, 2.45) is 0 Å². The molecule has 5 heteroatoms. The van der Waals surface area contributed by atoms with E-state index < -0.39 is 0 Å². The lowest BCUT2D eigenvalue weighted by Gasteiger charge is -2.36. The van der Waals surface area contributed by atoms with Crippen LogP contribution in [-0.4, -0.2) is 42.0 Å². The van der Waals surface area contributed by atoms with Crippen LogP contribution in [0.3, 0.4) is 0 Å². The molecule has 108 valence electrons. The molecule has 1 amide bonds. The highest BCUT2D eigenvalue weighted by molar-refractivity contribution is 5.94. The van der Waals surface area contributed by atoms with E-state index >= 15 is 0 Å². The first-order valence-electron chi connectivity index (χ1n) is 7.05. The van der Waals surface area contributed by atoms with Gasteiger partial charge in [0.1, 0.15) is 5.82 Å². The third-order valence-corrected chi connectivity index (χ3v) is 3.72. The topological polar surface area (TPSA) is 62.5 Å². The summed E-state index contributed by atoms with van der Waals surface area (Å²) in [4.78, 5) is 20.5. The molecule has 2 heterocycles. The molecule has 1 aromatic heterocycles. The van der Waals surface area contributed by atoms with Gasteiger partial charge in [-0.15, -0.1) is 0 Å². The summed E-state index contributed by atoms with van der Waals surface area (Å²) in [7, 11) is 0. The van der Waals surface area contributed by atoms with E-state index in [-0.39, 0.29) is 5.91 Å². The normalized spacial score (nSPS) is 15.0. The van der Waals surface area contributed by atoms with Crippen molar-refractivity contribution in [1.82, 2.24) is 9.88 Å². The zero-order chi connectivity index (χ0) is 14.7. The number of amides is 1. The zero-order valence-corrected chi connectivity index (χ0v) is 11.8. The van der Waals surface area contributed by atoms with Gasteiger partial charge in [-0.1, -0.05) is 18.2 Å². The highest BCUT2D eigenvalue weighted by Gasteiger charge is 2.22.